The average Bonchev–Trinajstić information content (AvgIpc) is 3.31. The van der Waals surface area contributed by atoms with Crippen molar-refractivity contribution in [2.45, 2.75) is 37.9 Å². The lowest BCUT2D eigenvalue weighted by atomic mass is 9.98. The highest BCUT2D eigenvalue weighted by Crippen LogP contribution is 2.37. The Hall–Kier alpha value is -0.710. The smallest absolute Gasteiger partial charge is 0.0476 e. The maximum Gasteiger partial charge on any atom is 0.0476 e. The number of rotatable bonds is 5. The topological polar surface area (TPSA) is 32.3 Å². The van der Waals surface area contributed by atoms with Crippen LogP contribution in [0.1, 0.15) is 31.4 Å². The van der Waals surface area contributed by atoms with Gasteiger partial charge in [0.25, 0.3) is 0 Å². The van der Waals surface area contributed by atoms with Crippen LogP contribution in [0.25, 0.3) is 0 Å². The molecule has 1 aromatic rings. The third kappa shape index (κ3) is 3.74. The summed E-state index contributed by atoms with van der Waals surface area (Å²) in [6.45, 7) is 4.32. The summed E-state index contributed by atoms with van der Waals surface area (Å²) in [7, 11) is -0.737. The number of nitrogens with one attached hydrogen (secondary N) is 1. The third-order valence-electron chi connectivity index (χ3n) is 4.80. The summed E-state index contributed by atoms with van der Waals surface area (Å²) >= 11 is 0. The largest absolute Gasteiger partial charge is 0.311 e. The molecular formula is C17H26N2OS. The van der Waals surface area contributed by atoms with Gasteiger partial charge in [-0.1, -0.05) is 30.3 Å². The van der Waals surface area contributed by atoms with Crippen LogP contribution in [0.15, 0.2) is 30.3 Å². The van der Waals surface area contributed by atoms with Gasteiger partial charge in [-0.05, 0) is 31.2 Å². The number of piperazine rings is 1. The Bertz CT molecular complexity index is 489. The molecule has 0 amide bonds. The van der Waals surface area contributed by atoms with E-state index < -0.39 is 10.8 Å². The van der Waals surface area contributed by atoms with E-state index in [1.807, 2.05) is 6.26 Å². The van der Waals surface area contributed by atoms with Crippen LogP contribution in [0, 0.1) is 5.92 Å². The van der Waals surface area contributed by atoms with E-state index in [-0.39, 0.29) is 0 Å². The zero-order valence-corrected chi connectivity index (χ0v) is 13.8. The van der Waals surface area contributed by atoms with Gasteiger partial charge in [0.15, 0.2) is 0 Å². The minimum Gasteiger partial charge on any atom is -0.311 e. The van der Waals surface area contributed by atoms with E-state index in [9.17, 15) is 4.21 Å². The fourth-order valence-electron chi connectivity index (χ4n) is 3.52. The summed E-state index contributed by atoms with van der Waals surface area (Å²) in [6, 6.07) is 12.1. The monoisotopic (exact) mass is 306 g/mol. The van der Waals surface area contributed by atoms with Crippen molar-refractivity contribution in [2.24, 2.45) is 5.92 Å². The zero-order valence-electron chi connectivity index (χ0n) is 13.0. The SMILES string of the molecule is CC(CS(C)=O)N1CC(C2CC2)NCC1c1ccccc1. The molecule has 21 heavy (non-hydrogen) atoms. The number of benzene rings is 1. The summed E-state index contributed by atoms with van der Waals surface area (Å²) < 4.78 is 11.6. The average molecular weight is 306 g/mol. The molecule has 4 atom stereocenters. The highest BCUT2D eigenvalue weighted by molar-refractivity contribution is 7.84. The van der Waals surface area contributed by atoms with Crippen LogP contribution in [-0.2, 0) is 10.8 Å². The number of hydrogen-bond acceptors (Lipinski definition) is 3. The predicted molar refractivity (Wildman–Crippen MR) is 88.8 cm³/mol. The van der Waals surface area contributed by atoms with E-state index in [1.54, 1.807) is 0 Å². The molecule has 4 heteroatoms. The lowest BCUT2D eigenvalue weighted by Crippen LogP contribution is -2.56. The van der Waals surface area contributed by atoms with Gasteiger partial charge in [0.05, 0.1) is 0 Å². The van der Waals surface area contributed by atoms with Gasteiger partial charge in [-0.2, -0.15) is 0 Å². The first-order chi connectivity index (χ1) is 10.1. The predicted octanol–water partition coefficient (Wildman–Crippen LogP) is 2.18. The molecule has 1 saturated heterocycles. The van der Waals surface area contributed by atoms with Crippen molar-refractivity contribution in [2.75, 3.05) is 25.1 Å². The second-order valence-electron chi connectivity index (χ2n) is 6.56. The van der Waals surface area contributed by atoms with Gasteiger partial charge in [0.1, 0.15) is 0 Å². The van der Waals surface area contributed by atoms with Crippen molar-refractivity contribution in [3.8, 4) is 0 Å². The molecule has 4 unspecified atom stereocenters. The minimum absolute atomic E-state index is 0.365. The maximum atomic E-state index is 11.6. The van der Waals surface area contributed by atoms with E-state index in [4.69, 9.17) is 0 Å². The molecule has 0 spiro atoms. The van der Waals surface area contributed by atoms with E-state index in [1.165, 1.54) is 18.4 Å². The fourth-order valence-corrected chi connectivity index (χ4v) is 4.39. The van der Waals surface area contributed by atoms with Crippen molar-refractivity contribution in [3.63, 3.8) is 0 Å². The van der Waals surface area contributed by atoms with Crippen molar-refractivity contribution in [1.29, 1.82) is 0 Å². The summed E-state index contributed by atoms with van der Waals surface area (Å²) in [4.78, 5) is 2.58. The Kier molecular flexibility index (Phi) is 4.77. The molecule has 0 radical (unpaired) electrons. The Balaban J connectivity index is 1.77. The first-order valence-electron chi connectivity index (χ1n) is 7.99. The first kappa shape index (κ1) is 15.2. The highest BCUT2D eigenvalue weighted by Gasteiger charge is 2.39. The molecule has 1 heterocycles. The summed E-state index contributed by atoms with van der Waals surface area (Å²) in [5.41, 5.74) is 1.37. The molecular weight excluding hydrogens is 280 g/mol. The van der Waals surface area contributed by atoms with Crippen LogP contribution in [0.3, 0.4) is 0 Å². The molecule has 1 aliphatic heterocycles. The summed E-state index contributed by atoms with van der Waals surface area (Å²) in [5.74, 6) is 1.63. The van der Waals surface area contributed by atoms with E-state index >= 15 is 0 Å². The quantitative estimate of drug-likeness (QED) is 0.905. The molecule has 0 bridgehead atoms. The third-order valence-corrected chi connectivity index (χ3v) is 5.75. The van der Waals surface area contributed by atoms with E-state index in [0.29, 0.717) is 18.1 Å². The van der Waals surface area contributed by atoms with Gasteiger partial charge in [-0.25, -0.2) is 0 Å². The lowest BCUT2D eigenvalue weighted by Gasteiger charge is -2.44. The molecule has 1 N–H and O–H groups in total. The van der Waals surface area contributed by atoms with Gasteiger partial charge < -0.3 is 5.32 Å². The molecule has 1 aliphatic carbocycles. The molecule has 2 aliphatic rings. The molecule has 1 saturated carbocycles. The van der Waals surface area contributed by atoms with Crippen LogP contribution in [0.5, 0.6) is 0 Å². The van der Waals surface area contributed by atoms with Crippen LogP contribution >= 0.6 is 0 Å². The summed E-state index contributed by atoms with van der Waals surface area (Å²) in [5, 5.41) is 3.75. The molecule has 0 aromatic heterocycles. The minimum atomic E-state index is -0.737. The lowest BCUT2D eigenvalue weighted by molar-refractivity contribution is 0.0918. The maximum absolute atomic E-state index is 11.6. The Labute approximate surface area is 130 Å². The van der Waals surface area contributed by atoms with Gasteiger partial charge in [0, 0.05) is 54.0 Å². The zero-order chi connectivity index (χ0) is 14.8. The van der Waals surface area contributed by atoms with Crippen molar-refractivity contribution in [3.05, 3.63) is 35.9 Å². The molecule has 3 nitrogen and oxygen atoms in total. The van der Waals surface area contributed by atoms with Gasteiger partial charge in [0.2, 0.25) is 0 Å². The van der Waals surface area contributed by atoms with Crippen molar-refractivity contribution < 1.29 is 4.21 Å². The normalized spacial score (nSPS) is 30.0. The Morgan fingerprint density at radius 3 is 2.67 bits per heavy atom. The van der Waals surface area contributed by atoms with Gasteiger partial charge in [-0.3, -0.25) is 9.11 Å². The van der Waals surface area contributed by atoms with Gasteiger partial charge in [-0.15, -0.1) is 0 Å². The summed E-state index contributed by atoms with van der Waals surface area (Å²) in [6.07, 6.45) is 4.56. The Morgan fingerprint density at radius 1 is 1.33 bits per heavy atom. The Morgan fingerprint density at radius 2 is 2.05 bits per heavy atom. The van der Waals surface area contributed by atoms with Gasteiger partial charge >= 0.3 is 0 Å². The highest BCUT2D eigenvalue weighted by atomic mass is 32.2. The van der Waals surface area contributed by atoms with Crippen LogP contribution in [-0.4, -0.2) is 46.3 Å². The van der Waals surface area contributed by atoms with Crippen LogP contribution in [0.4, 0.5) is 0 Å². The molecule has 2 fully saturated rings. The first-order valence-corrected chi connectivity index (χ1v) is 9.72. The van der Waals surface area contributed by atoms with Crippen molar-refractivity contribution in [1.82, 2.24) is 10.2 Å². The van der Waals surface area contributed by atoms with E-state index in [0.717, 1.165) is 24.8 Å². The molecule has 3 rings (SSSR count). The number of hydrogen-bond donors (Lipinski definition) is 1. The van der Waals surface area contributed by atoms with Crippen LogP contribution in [0.2, 0.25) is 0 Å². The standard InChI is InChI=1S/C17H26N2OS/c1-13(12-21(2)20)19-11-16(14-8-9-14)18-10-17(19)15-6-4-3-5-7-15/h3-7,13-14,16-18H,8-12H2,1-2H3. The van der Waals surface area contributed by atoms with E-state index in [2.05, 4.69) is 47.5 Å². The second kappa shape index (κ2) is 6.59. The van der Waals surface area contributed by atoms with Crippen LogP contribution < -0.4 is 5.32 Å². The molecule has 1 aromatic carbocycles. The second-order valence-corrected chi connectivity index (χ2v) is 8.04. The number of nitrogens with zero attached hydrogens (tertiary/aromatic N) is 1. The fraction of sp³-hybridized carbons (Fsp3) is 0.647. The van der Waals surface area contributed by atoms with Crippen molar-refractivity contribution >= 4 is 10.8 Å². The molecule has 116 valence electrons.